The Hall–Kier alpha value is -4.78. The molecule has 0 spiro atoms. The van der Waals surface area contributed by atoms with Gasteiger partial charge < -0.3 is 20.5 Å². The Labute approximate surface area is 241 Å². The number of alkyl halides is 3. The molecule has 0 bridgehead atoms. The lowest BCUT2D eigenvalue weighted by Gasteiger charge is -2.15. The Balaban J connectivity index is 1.25. The third kappa shape index (κ3) is 5.55. The second-order valence-corrected chi connectivity index (χ2v) is 10.9. The van der Waals surface area contributed by atoms with Gasteiger partial charge in [0.15, 0.2) is 0 Å². The Bertz CT molecular complexity index is 1840. The Morgan fingerprint density at radius 1 is 1.00 bits per heavy atom. The molecule has 0 aliphatic heterocycles. The molecular weight excluding hydrogens is 567 g/mol. The fraction of sp³-hybridized carbons (Fsp3) is 0.207. The lowest BCUT2D eigenvalue weighted by Crippen LogP contribution is -2.16. The van der Waals surface area contributed by atoms with E-state index < -0.39 is 23.6 Å². The third-order valence-corrected chi connectivity index (χ3v) is 7.85. The van der Waals surface area contributed by atoms with Crippen LogP contribution in [0.1, 0.15) is 50.5 Å². The standard InChI is InChI=1S/C29H24F3N7O2S/c1-15-3-4-17(27(40)37-20-10-18(29(30,31)32)11-21(12-20)39-8-7-33-16(39)2)9-23(15)38-28(41)22-13-42-25-24(22)34-14-35-26(25)36-19-5-6-19/h3-4,7-14,19H,5-6H2,1-2H3,(H,37,40)(H,38,41)(H,34,35,36). The van der Waals surface area contributed by atoms with Gasteiger partial charge in [-0.3, -0.25) is 9.59 Å². The predicted octanol–water partition coefficient (Wildman–Crippen LogP) is 6.59. The molecule has 1 fully saturated rings. The van der Waals surface area contributed by atoms with Gasteiger partial charge in [-0.2, -0.15) is 13.2 Å². The zero-order chi connectivity index (χ0) is 29.6. The van der Waals surface area contributed by atoms with Gasteiger partial charge in [0.2, 0.25) is 0 Å². The smallest absolute Gasteiger partial charge is 0.366 e. The van der Waals surface area contributed by atoms with Gasteiger partial charge in [-0.25, -0.2) is 15.0 Å². The summed E-state index contributed by atoms with van der Waals surface area (Å²) in [6.45, 7) is 3.44. The number of carbonyl (C=O) groups excluding carboxylic acids is 2. The summed E-state index contributed by atoms with van der Waals surface area (Å²) in [6, 6.07) is 8.38. The summed E-state index contributed by atoms with van der Waals surface area (Å²) in [4.78, 5) is 39.1. The van der Waals surface area contributed by atoms with Crippen molar-refractivity contribution in [2.45, 2.75) is 38.9 Å². The summed E-state index contributed by atoms with van der Waals surface area (Å²) in [5, 5.41) is 10.5. The molecular formula is C29H24F3N7O2S. The summed E-state index contributed by atoms with van der Waals surface area (Å²) in [7, 11) is 0. The Morgan fingerprint density at radius 2 is 1.81 bits per heavy atom. The topological polar surface area (TPSA) is 114 Å². The molecule has 0 radical (unpaired) electrons. The van der Waals surface area contributed by atoms with E-state index in [2.05, 4.69) is 30.9 Å². The minimum atomic E-state index is -4.63. The van der Waals surface area contributed by atoms with Gasteiger partial charge in [0, 0.05) is 46.4 Å². The zero-order valence-corrected chi connectivity index (χ0v) is 23.2. The van der Waals surface area contributed by atoms with Crippen molar-refractivity contribution in [3.63, 3.8) is 0 Å². The van der Waals surface area contributed by atoms with Crippen LogP contribution in [0, 0.1) is 13.8 Å². The SMILES string of the molecule is Cc1ccc(C(=O)Nc2cc(-n3ccnc3C)cc(C(F)(F)F)c2)cc1NC(=O)c1csc2c(NC3CC3)ncnc12. The Kier molecular flexibility index (Phi) is 6.89. The van der Waals surface area contributed by atoms with Crippen LogP contribution in [-0.2, 0) is 6.18 Å². The van der Waals surface area contributed by atoms with Crippen molar-refractivity contribution in [2.24, 2.45) is 0 Å². The molecule has 5 aromatic rings. The van der Waals surface area contributed by atoms with Gasteiger partial charge >= 0.3 is 6.18 Å². The fourth-order valence-electron chi connectivity index (χ4n) is 4.46. The number of anilines is 3. The number of amides is 2. The van der Waals surface area contributed by atoms with Gasteiger partial charge in [-0.1, -0.05) is 6.07 Å². The number of rotatable bonds is 7. The van der Waals surface area contributed by atoms with Crippen LogP contribution in [0.3, 0.4) is 0 Å². The number of fused-ring (bicyclic) bond motifs is 1. The summed E-state index contributed by atoms with van der Waals surface area (Å²) in [5.74, 6) is 0.145. The van der Waals surface area contributed by atoms with E-state index in [1.165, 1.54) is 46.6 Å². The maximum absolute atomic E-state index is 13.7. The average Bonchev–Trinajstić information content (AvgIpc) is 3.47. The van der Waals surface area contributed by atoms with E-state index in [9.17, 15) is 22.8 Å². The van der Waals surface area contributed by atoms with Crippen molar-refractivity contribution in [1.82, 2.24) is 19.5 Å². The van der Waals surface area contributed by atoms with E-state index in [0.717, 1.165) is 29.7 Å². The quantitative estimate of drug-likeness (QED) is 0.197. The molecule has 2 aromatic carbocycles. The van der Waals surface area contributed by atoms with E-state index in [-0.39, 0.29) is 16.9 Å². The van der Waals surface area contributed by atoms with Gasteiger partial charge in [0.25, 0.3) is 11.8 Å². The number of imidazole rings is 1. The minimum Gasteiger partial charge on any atom is -0.366 e. The van der Waals surface area contributed by atoms with Crippen LogP contribution >= 0.6 is 11.3 Å². The van der Waals surface area contributed by atoms with Crippen molar-refractivity contribution in [3.05, 3.63) is 88.6 Å². The first-order chi connectivity index (χ1) is 20.1. The van der Waals surface area contributed by atoms with Crippen molar-refractivity contribution >= 4 is 50.6 Å². The Morgan fingerprint density at radius 3 is 2.52 bits per heavy atom. The molecule has 1 saturated carbocycles. The van der Waals surface area contributed by atoms with Crippen LogP contribution in [0.4, 0.5) is 30.4 Å². The van der Waals surface area contributed by atoms with Crippen molar-refractivity contribution in [1.29, 1.82) is 0 Å². The van der Waals surface area contributed by atoms with Crippen LogP contribution in [0.25, 0.3) is 15.9 Å². The molecule has 0 unspecified atom stereocenters. The summed E-state index contributed by atoms with van der Waals surface area (Å²) < 4.78 is 43.3. The molecule has 214 valence electrons. The number of aryl methyl sites for hydroxylation is 2. The van der Waals surface area contributed by atoms with Crippen molar-refractivity contribution in [2.75, 3.05) is 16.0 Å². The molecule has 42 heavy (non-hydrogen) atoms. The molecule has 1 aliphatic carbocycles. The number of nitrogens with one attached hydrogen (secondary N) is 3. The number of aromatic nitrogens is 4. The first-order valence-electron chi connectivity index (χ1n) is 13.0. The second-order valence-electron chi connectivity index (χ2n) is 10.0. The van der Waals surface area contributed by atoms with Crippen molar-refractivity contribution < 1.29 is 22.8 Å². The average molecular weight is 592 g/mol. The van der Waals surface area contributed by atoms with Crippen LogP contribution in [0.5, 0.6) is 0 Å². The van der Waals surface area contributed by atoms with E-state index >= 15 is 0 Å². The first-order valence-corrected chi connectivity index (χ1v) is 13.9. The predicted molar refractivity (Wildman–Crippen MR) is 154 cm³/mol. The highest BCUT2D eigenvalue weighted by Gasteiger charge is 2.32. The zero-order valence-electron chi connectivity index (χ0n) is 22.4. The third-order valence-electron chi connectivity index (χ3n) is 6.87. The number of hydrogen-bond acceptors (Lipinski definition) is 7. The van der Waals surface area contributed by atoms with E-state index in [1.54, 1.807) is 31.5 Å². The number of nitrogens with zero attached hydrogens (tertiary/aromatic N) is 4. The normalized spacial score (nSPS) is 13.3. The van der Waals surface area contributed by atoms with Crippen LogP contribution in [0.2, 0.25) is 0 Å². The van der Waals surface area contributed by atoms with Crippen LogP contribution in [-0.4, -0.2) is 37.4 Å². The van der Waals surface area contributed by atoms with Gasteiger partial charge in [0.05, 0.1) is 21.3 Å². The summed E-state index contributed by atoms with van der Waals surface area (Å²) >= 11 is 1.37. The maximum Gasteiger partial charge on any atom is 0.416 e. The lowest BCUT2D eigenvalue weighted by atomic mass is 10.1. The molecule has 13 heteroatoms. The highest BCUT2D eigenvalue weighted by Crippen LogP contribution is 2.35. The minimum absolute atomic E-state index is 0.0378. The number of benzene rings is 2. The number of carbonyl (C=O) groups is 2. The molecule has 3 heterocycles. The number of thiophene rings is 1. The first kappa shape index (κ1) is 27.4. The molecule has 6 rings (SSSR count). The van der Waals surface area contributed by atoms with Gasteiger partial charge in [0.1, 0.15) is 18.0 Å². The van der Waals surface area contributed by atoms with E-state index in [0.29, 0.717) is 40.0 Å². The molecule has 3 N–H and O–H groups in total. The molecule has 0 saturated heterocycles. The van der Waals surface area contributed by atoms with E-state index in [1.807, 2.05) is 0 Å². The summed E-state index contributed by atoms with van der Waals surface area (Å²) in [6.07, 6.45) is 1.96. The van der Waals surface area contributed by atoms with Gasteiger partial charge in [-0.05, 0) is 62.6 Å². The fourth-order valence-corrected chi connectivity index (χ4v) is 5.42. The second kappa shape index (κ2) is 10.6. The van der Waals surface area contributed by atoms with Crippen LogP contribution < -0.4 is 16.0 Å². The maximum atomic E-state index is 13.7. The molecule has 3 aromatic heterocycles. The molecule has 2 amide bonds. The monoisotopic (exact) mass is 591 g/mol. The molecule has 9 nitrogen and oxygen atoms in total. The molecule has 1 aliphatic rings. The highest BCUT2D eigenvalue weighted by molar-refractivity contribution is 7.18. The van der Waals surface area contributed by atoms with Crippen LogP contribution in [0.15, 0.2) is 60.5 Å². The summed E-state index contributed by atoms with van der Waals surface area (Å²) in [5.41, 5.74) is 1.38. The highest BCUT2D eigenvalue weighted by atomic mass is 32.1. The number of hydrogen-bond donors (Lipinski definition) is 3. The molecule has 0 atom stereocenters. The van der Waals surface area contributed by atoms with Crippen molar-refractivity contribution in [3.8, 4) is 5.69 Å². The largest absolute Gasteiger partial charge is 0.416 e. The lowest BCUT2D eigenvalue weighted by molar-refractivity contribution is -0.137. The van der Waals surface area contributed by atoms with Gasteiger partial charge in [-0.15, -0.1) is 11.3 Å². The van der Waals surface area contributed by atoms with E-state index in [4.69, 9.17) is 0 Å². The number of halogens is 3.